The van der Waals surface area contributed by atoms with Crippen LogP contribution in [-0.4, -0.2) is 39.9 Å². The van der Waals surface area contributed by atoms with E-state index >= 15 is 0 Å². The fraction of sp³-hybridized carbons (Fsp3) is 0.368. The fourth-order valence-electron chi connectivity index (χ4n) is 2.93. The largest absolute Gasteiger partial charge is 0.389 e. The molecular weight excluding hydrogens is 310 g/mol. The molecule has 23 heavy (non-hydrogen) atoms. The third-order valence-corrected chi connectivity index (χ3v) is 4.87. The summed E-state index contributed by atoms with van der Waals surface area (Å²) in [7, 11) is 0. The zero-order valence-corrected chi connectivity index (χ0v) is 14.0. The standard InChI is InChI=1S/C19H22ClNO2/c1-19(23)10-11-21(13-18(19)22)12-14-2-4-15(5-3-14)16-6-8-17(20)9-7-16/h2-9,18,22-23H,10-13H2,1H3/t18-,19-/m0/s1. The van der Waals surface area contributed by atoms with E-state index in [9.17, 15) is 10.2 Å². The molecular formula is C19H22ClNO2. The first kappa shape index (κ1) is 16.5. The van der Waals surface area contributed by atoms with Crippen LogP contribution in [0.5, 0.6) is 0 Å². The number of aliphatic hydroxyl groups excluding tert-OH is 1. The zero-order valence-electron chi connectivity index (χ0n) is 13.2. The molecule has 2 aromatic carbocycles. The third-order valence-electron chi connectivity index (χ3n) is 4.62. The van der Waals surface area contributed by atoms with Crippen LogP contribution in [0.25, 0.3) is 11.1 Å². The molecule has 1 aliphatic heterocycles. The van der Waals surface area contributed by atoms with Gasteiger partial charge in [0.15, 0.2) is 0 Å². The van der Waals surface area contributed by atoms with Gasteiger partial charge in [-0.1, -0.05) is 48.0 Å². The Bertz CT molecular complexity index is 652. The van der Waals surface area contributed by atoms with Gasteiger partial charge in [0.2, 0.25) is 0 Å². The van der Waals surface area contributed by atoms with E-state index in [2.05, 4.69) is 29.2 Å². The summed E-state index contributed by atoms with van der Waals surface area (Å²) in [5.41, 5.74) is 2.54. The van der Waals surface area contributed by atoms with Gasteiger partial charge in [0.25, 0.3) is 0 Å². The lowest BCUT2D eigenvalue weighted by Crippen LogP contribution is -2.53. The second-order valence-corrected chi connectivity index (χ2v) is 7.00. The lowest BCUT2D eigenvalue weighted by Gasteiger charge is -2.39. The Hall–Kier alpha value is -1.39. The van der Waals surface area contributed by atoms with E-state index in [1.165, 1.54) is 5.56 Å². The Morgan fingerprint density at radius 3 is 2.22 bits per heavy atom. The summed E-state index contributed by atoms with van der Waals surface area (Å²) >= 11 is 5.92. The van der Waals surface area contributed by atoms with Crippen LogP contribution < -0.4 is 0 Å². The number of nitrogens with zero attached hydrogens (tertiary/aromatic N) is 1. The van der Waals surface area contributed by atoms with Gasteiger partial charge in [-0.2, -0.15) is 0 Å². The molecule has 0 aliphatic carbocycles. The topological polar surface area (TPSA) is 43.7 Å². The molecule has 0 amide bonds. The number of benzene rings is 2. The lowest BCUT2D eigenvalue weighted by atomic mass is 9.90. The normalized spacial score (nSPS) is 25.5. The van der Waals surface area contributed by atoms with Gasteiger partial charge in [-0.15, -0.1) is 0 Å². The van der Waals surface area contributed by atoms with Crippen molar-refractivity contribution in [3.05, 3.63) is 59.1 Å². The fourth-order valence-corrected chi connectivity index (χ4v) is 3.06. The van der Waals surface area contributed by atoms with Crippen molar-refractivity contribution in [3.8, 4) is 11.1 Å². The zero-order chi connectivity index (χ0) is 16.4. The SMILES string of the molecule is C[C@]1(O)CCN(Cc2ccc(-c3ccc(Cl)cc3)cc2)C[C@@H]1O. The summed E-state index contributed by atoms with van der Waals surface area (Å²) in [5.74, 6) is 0. The number of rotatable bonds is 3. The van der Waals surface area contributed by atoms with Crippen LogP contribution in [0, 0.1) is 0 Å². The summed E-state index contributed by atoms with van der Waals surface area (Å²) in [5, 5.41) is 20.8. The summed E-state index contributed by atoms with van der Waals surface area (Å²) in [4.78, 5) is 2.18. The quantitative estimate of drug-likeness (QED) is 0.906. The van der Waals surface area contributed by atoms with Gasteiger partial charge in [-0.05, 0) is 42.2 Å². The van der Waals surface area contributed by atoms with Crippen LogP contribution >= 0.6 is 11.6 Å². The van der Waals surface area contributed by atoms with Crippen molar-refractivity contribution >= 4 is 11.6 Å². The molecule has 3 nitrogen and oxygen atoms in total. The first-order valence-corrected chi connectivity index (χ1v) is 8.29. The Kier molecular flexibility index (Phi) is 4.74. The van der Waals surface area contributed by atoms with Crippen LogP contribution in [0.4, 0.5) is 0 Å². The van der Waals surface area contributed by atoms with E-state index in [1.54, 1.807) is 6.92 Å². The molecule has 122 valence electrons. The second-order valence-electron chi connectivity index (χ2n) is 6.56. The van der Waals surface area contributed by atoms with E-state index in [-0.39, 0.29) is 0 Å². The molecule has 0 spiro atoms. The highest BCUT2D eigenvalue weighted by Crippen LogP contribution is 2.25. The Balaban J connectivity index is 1.65. The van der Waals surface area contributed by atoms with Crippen molar-refractivity contribution in [2.45, 2.75) is 31.6 Å². The van der Waals surface area contributed by atoms with Crippen molar-refractivity contribution in [1.29, 1.82) is 0 Å². The maximum Gasteiger partial charge on any atom is 0.0951 e. The second kappa shape index (κ2) is 6.62. The van der Waals surface area contributed by atoms with E-state index in [1.807, 2.05) is 24.3 Å². The molecule has 0 unspecified atom stereocenters. The van der Waals surface area contributed by atoms with Gasteiger partial charge in [0.1, 0.15) is 0 Å². The summed E-state index contributed by atoms with van der Waals surface area (Å²) in [6.45, 7) is 3.79. The maximum absolute atomic E-state index is 10.0. The molecule has 0 aromatic heterocycles. The monoisotopic (exact) mass is 331 g/mol. The Morgan fingerprint density at radius 2 is 1.65 bits per heavy atom. The van der Waals surface area contributed by atoms with Crippen molar-refractivity contribution < 1.29 is 10.2 Å². The van der Waals surface area contributed by atoms with Crippen molar-refractivity contribution in [1.82, 2.24) is 4.90 Å². The van der Waals surface area contributed by atoms with Crippen LogP contribution in [0.3, 0.4) is 0 Å². The first-order chi connectivity index (χ1) is 10.9. The predicted molar refractivity (Wildman–Crippen MR) is 93.4 cm³/mol. The predicted octanol–water partition coefficient (Wildman–Crippen LogP) is 3.32. The number of halogens is 1. The molecule has 1 fully saturated rings. The minimum Gasteiger partial charge on any atom is -0.389 e. The molecule has 3 rings (SSSR count). The van der Waals surface area contributed by atoms with Crippen molar-refractivity contribution in [2.75, 3.05) is 13.1 Å². The minimum absolute atomic E-state index is 0.506. The molecule has 2 aromatic rings. The first-order valence-electron chi connectivity index (χ1n) is 7.92. The Morgan fingerprint density at radius 1 is 1.09 bits per heavy atom. The van der Waals surface area contributed by atoms with Crippen LogP contribution in [0.1, 0.15) is 18.9 Å². The van der Waals surface area contributed by atoms with E-state index in [4.69, 9.17) is 11.6 Å². The van der Waals surface area contributed by atoms with Gasteiger partial charge < -0.3 is 10.2 Å². The summed E-state index contributed by atoms with van der Waals surface area (Å²) < 4.78 is 0. The Labute approximate surface area is 142 Å². The maximum atomic E-state index is 10.0. The highest BCUT2D eigenvalue weighted by atomic mass is 35.5. The number of β-amino-alcohol motifs (C(OH)–C–C–N with tert-alkyl or cyclic N) is 1. The van der Waals surface area contributed by atoms with Crippen LogP contribution in [-0.2, 0) is 6.54 Å². The van der Waals surface area contributed by atoms with E-state index < -0.39 is 11.7 Å². The molecule has 1 aliphatic rings. The van der Waals surface area contributed by atoms with Crippen molar-refractivity contribution in [3.63, 3.8) is 0 Å². The minimum atomic E-state index is -0.963. The van der Waals surface area contributed by atoms with Gasteiger partial charge in [-0.3, -0.25) is 4.90 Å². The average Bonchev–Trinajstić information content (AvgIpc) is 2.53. The smallest absolute Gasteiger partial charge is 0.0951 e. The number of aliphatic hydroxyl groups is 2. The van der Waals surface area contributed by atoms with Gasteiger partial charge in [0, 0.05) is 24.7 Å². The van der Waals surface area contributed by atoms with E-state index in [0.717, 1.165) is 29.2 Å². The number of likely N-dealkylation sites (tertiary alicyclic amines) is 1. The highest BCUT2D eigenvalue weighted by Gasteiger charge is 2.36. The lowest BCUT2D eigenvalue weighted by molar-refractivity contribution is -0.108. The van der Waals surface area contributed by atoms with E-state index in [0.29, 0.717) is 13.0 Å². The van der Waals surface area contributed by atoms with Crippen LogP contribution in [0.15, 0.2) is 48.5 Å². The van der Waals surface area contributed by atoms with Crippen molar-refractivity contribution in [2.24, 2.45) is 0 Å². The van der Waals surface area contributed by atoms with Gasteiger partial charge >= 0.3 is 0 Å². The van der Waals surface area contributed by atoms with Gasteiger partial charge in [0.05, 0.1) is 11.7 Å². The van der Waals surface area contributed by atoms with Gasteiger partial charge in [-0.25, -0.2) is 0 Å². The molecule has 2 atom stereocenters. The number of piperidine rings is 1. The summed E-state index contributed by atoms with van der Waals surface area (Å²) in [6.07, 6.45) is -0.0959. The molecule has 0 bridgehead atoms. The third kappa shape index (κ3) is 3.93. The molecule has 1 saturated heterocycles. The molecule has 4 heteroatoms. The molecule has 2 N–H and O–H groups in total. The summed E-state index contributed by atoms with van der Waals surface area (Å²) in [6, 6.07) is 16.3. The molecule has 1 heterocycles. The molecule has 0 saturated carbocycles. The number of hydrogen-bond acceptors (Lipinski definition) is 3. The van der Waals surface area contributed by atoms with Crippen LogP contribution in [0.2, 0.25) is 5.02 Å². The average molecular weight is 332 g/mol. The number of hydrogen-bond donors (Lipinski definition) is 2. The highest BCUT2D eigenvalue weighted by molar-refractivity contribution is 6.30. The molecule has 0 radical (unpaired) electrons.